The monoisotopic (exact) mass is 442 g/mol. The van der Waals surface area contributed by atoms with Gasteiger partial charge in [-0.05, 0) is 25.0 Å². The minimum atomic E-state index is -3.83. The molecule has 1 heterocycles. The molecule has 0 aliphatic carbocycles. The van der Waals surface area contributed by atoms with E-state index in [2.05, 4.69) is 4.72 Å². The van der Waals surface area contributed by atoms with Gasteiger partial charge in [-0.3, -0.25) is 4.79 Å². The van der Waals surface area contributed by atoms with Crippen LogP contribution >= 0.6 is 0 Å². The van der Waals surface area contributed by atoms with Gasteiger partial charge in [0.25, 0.3) is 0 Å². The van der Waals surface area contributed by atoms with Crippen molar-refractivity contribution < 1.29 is 27.4 Å². The quantitative estimate of drug-likeness (QED) is 0.719. The second-order valence-electron chi connectivity index (χ2n) is 7.46. The Bertz CT molecular complexity index is 741. The minimum Gasteiger partial charge on any atom is -0.377 e. The number of carbonyl (C=O) groups excluding carboxylic acids is 1. The molecule has 1 saturated heterocycles. The summed E-state index contributed by atoms with van der Waals surface area (Å²) in [7, 11) is -3.83. The van der Waals surface area contributed by atoms with Gasteiger partial charge in [0.1, 0.15) is 6.04 Å². The van der Waals surface area contributed by atoms with Gasteiger partial charge in [-0.15, -0.1) is 0 Å². The second-order valence-corrected chi connectivity index (χ2v) is 9.17. The van der Waals surface area contributed by atoms with Gasteiger partial charge >= 0.3 is 0 Å². The molecule has 170 valence electrons. The third kappa shape index (κ3) is 7.63. The van der Waals surface area contributed by atoms with E-state index in [1.54, 1.807) is 29.2 Å². The van der Waals surface area contributed by atoms with Gasteiger partial charge in [0.2, 0.25) is 15.9 Å². The van der Waals surface area contributed by atoms with Crippen LogP contribution in [0.25, 0.3) is 0 Å². The van der Waals surface area contributed by atoms with Gasteiger partial charge in [0.05, 0.1) is 44.5 Å². The average molecular weight is 443 g/mol. The molecule has 0 aromatic heterocycles. The molecule has 0 bridgehead atoms. The highest BCUT2D eigenvalue weighted by molar-refractivity contribution is 7.89. The van der Waals surface area contributed by atoms with E-state index in [1.807, 2.05) is 20.8 Å². The van der Waals surface area contributed by atoms with Crippen molar-refractivity contribution in [3.05, 3.63) is 29.8 Å². The van der Waals surface area contributed by atoms with Gasteiger partial charge in [-0.2, -0.15) is 4.72 Å². The van der Waals surface area contributed by atoms with Crippen LogP contribution in [0, 0.1) is 12.8 Å². The zero-order chi connectivity index (χ0) is 22.0. The molecule has 1 aromatic rings. The first-order chi connectivity index (χ1) is 14.3. The van der Waals surface area contributed by atoms with Crippen molar-refractivity contribution in [3.8, 4) is 0 Å². The summed E-state index contributed by atoms with van der Waals surface area (Å²) in [6.45, 7) is 8.97. The zero-order valence-corrected chi connectivity index (χ0v) is 18.9. The largest absolute Gasteiger partial charge is 0.377 e. The number of amides is 1. The number of ether oxygens (including phenoxy) is 3. The van der Waals surface area contributed by atoms with E-state index in [9.17, 15) is 13.2 Å². The van der Waals surface area contributed by atoms with Crippen LogP contribution in [0.2, 0.25) is 0 Å². The molecule has 1 aliphatic rings. The van der Waals surface area contributed by atoms with Crippen LogP contribution in [0.3, 0.4) is 0 Å². The maximum absolute atomic E-state index is 13.3. The predicted octanol–water partition coefficient (Wildman–Crippen LogP) is 1.58. The molecule has 0 saturated carbocycles. The summed E-state index contributed by atoms with van der Waals surface area (Å²) < 4.78 is 44.9. The smallest absolute Gasteiger partial charge is 0.241 e. The van der Waals surface area contributed by atoms with Crippen LogP contribution in [0.5, 0.6) is 0 Å². The van der Waals surface area contributed by atoms with Crippen LogP contribution in [0.4, 0.5) is 0 Å². The number of rotatable bonds is 6. The highest BCUT2D eigenvalue weighted by Gasteiger charge is 2.32. The van der Waals surface area contributed by atoms with Crippen molar-refractivity contribution in [1.29, 1.82) is 0 Å². The Morgan fingerprint density at radius 3 is 2.00 bits per heavy atom. The van der Waals surface area contributed by atoms with E-state index in [1.165, 1.54) is 0 Å². The van der Waals surface area contributed by atoms with Crippen molar-refractivity contribution >= 4 is 15.9 Å². The van der Waals surface area contributed by atoms with Crippen molar-refractivity contribution in [2.45, 2.75) is 38.1 Å². The fourth-order valence-corrected chi connectivity index (χ4v) is 4.32. The lowest BCUT2D eigenvalue weighted by atomic mass is 9.99. The van der Waals surface area contributed by atoms with Crippen LogP contribution in [0.1, 0.15) is 25.8 Å². The lowest BCUT2D eigenvalue weighted by Crippen LogP contribution is -2.53. The summed E-state index contributed by atoms with van der Waals surface area (Å²) in [6, 6.07) is 5.72. The molecule has 1 fully saturated rings. The molecule has 1 amide bonds. The molecular weight excluding hydrogens is 408 g/mol. The first-order valence-corrected chi connectivity index (χ1v) is 11.9. The highest BCUT2D eigenvalue weighted by Crippen LogP contribution is 2.16. The summed E-state index contributed by atoms with van der Waals surface area (Å²) in [5, 5.41) is 0. The Morgan fingerprint density at radius 2 is 1.50 bits per heavy atom. The van der Waals surface area contributed by atoms with E-state index in [-0.39, 0.29) is 16.7 Å². The molecule has 2 rings (SSSR count). The van der Waals surface area contributed by atoms with E-state index >= 15 is 0 Å². The molecule has 8 nitrogen and oxygen atoms in total. The lowest BCUT2D eigenvalue weighted by molar-refractivity contribution is -0.136. The fraction of sp³-hybridized carbons (Fsp3) is 0.667. The Morgan fingerprint density at radius 1 is 1.00 bits per heavy atom. The Balaban J connectivity index is 2.16. The summed E-state index contributed by atoms with van der Waals surface area (Å²) in [6.07, 6.45) is 0.658. The molecule has 1 aliphatic heterocycles. The Labute approximate surface area is 179 Å². The molecule has 1 N–H and O–H groups in total. The van der Waals surface area contributed by atoms with Crippen molar-refractivity contribution in [2.75, 3.05) is 52.7 Å². The predicted molar refractivity (Wildman–Crippen MR) is 114 cm³/mol. The first-order valence-electron chi connectivity index (χ1n) is 10.5. The standard InChI is InChI=1S/C21H34N2O6S/c1-4-18(3)20(22-30(25,26)19-7-5-17(2)6-8-19)21(24)23-9-11-27-13-15-29-16-14-28-12-10-23/h5-8,18,20,22H,4,9-16H2,1-3H3/t18-,20-/m0/s1. The number of nitrogens with zero attached hydrogens (tertiary/aromatic N) is 1. The molecule has 2 atom stereocenters. The first kappa shape index (κ1) is 24.7. The molecular formula is C21H34N2O6S. The number of sulfonamides is 1. The van der Waals surface area contributed by atoms with Crippen LogP contribution < -0.4 is 4.72 Å². The second kappa shape index (κ2) is 12.4. The van der Waals surface area contributed by atoms with Crippen molar-refractivity contribution in [1.82, 2.24) is 9.62 Å². The van der Waals surface area contributed by atoms with E-state index in [0.717, 1.165) is 5.56 Å². The van der Waals surface area contributed by atoms with E-state index in [4.69, 9.17) is 14.2 Å². The van der Waals surface area contributed by atoms with Crippen LogP contribution in [-0.2, 0) is 29.0 Å². The van der Waals surface area contributed by atoms with Gasteiger partial charge in [-0.1, -0.05) is 38.0 Å². The lowest BCUT2D eigenvalue weighted by Gasteiger charge is -2.31. The number of hydrogen-bond acceptors (Lipinski definition) is 6. The molecule has 30 heavy (non-hydrogen) atoms. The number of carbonyl (C=O) groups is 1. The minimum absolute atomic E-state index is 0.148. The average Bonchev–Trinajstić information content (AvgIpc) is 2.72. The Hall–Kier alpha value is -1.52. The van der Waals surface area contributed by atoms with Crippen molar-refractivity contribution in [2.24, 2.45) is 5.92 Å². The highest BCUT2D eigenvalue weighted by atomic mass is 32.2. The van der Waals surface area contributed by atoms with Gasteiger partial charge < -0.3 is 19.1 Å². The number of nitrogens with one attached hydrogen (secondary N) is 1. The fourth-order valence-electron chi connectivity index (χ4n) is 3.02. The summed E-state index contributed by atoms with van der Waals surface area (Å²) in [5.41, 5.74) is 0.966. The van der Waals surface area contributed by atoms with Gasteiger partial charge in [0.15, 0.2) is 0 Å². The third-order valence-electron chi connectivity index (χ3n) is 5.16. The normalized spacial score (nSPS) is 19.4. The zero-order valence-electron chi connectivity index (χ0n) is 18.1. The molecule has 0 radical (unpaired) electrons. The molecule has 0 unspecified atom stereocenters. The van der Waals surface area contributed by atoms with E-state index < -0.39 is 16.1 Å². The maximum Gasteiger partial charge on any atom is 0.241 e. The summed E-state index contributed by atoms with van der Waals surface area (Å²) in [5.74, 6) is -0.435. The number of hydrogen-bond donors (Lipinski definition) is 1. The maximum atomic E-state index is 13.3. The van der Waals surface area contributed by atoms with E-state index in [0.29, 0.717) is 59.2 Å². The topological polar surface area (TPSA) is 94.2 Å². The molecule has 0 spiro atoms. The third-order valence-corrected chi connectivity index (χ3v) is 6.62. The Kier molecular flexibility index (Phi) is 10.2. The number of aryl methyl sites for hydroxylation is 1. The van der Waals surface area contributed by atoms with Crippen LogP contribution in [-0.4, -0.2) is 78.0 Å². The van der Waals surface area contributed by atoms with Crippen LogP contribution in [0.15, 0.2) is 29.2 Å². The SMILES string of the molecule is CC[C@H](C)[C@H](NS(=O)(=O)c1ccc(C)cc1)C(=O)N1CCOCCOCCOCC1. The summed E-state index contributed by atoms with van der Waals surface area (Å²) >= 11 is 0. The molecule has 9 heteroatoms. The molecule has 1 aromatic carbocycles. The number of benzene rings is 1. The summed E-state index contributed by atoms with van der Waals surface area (Å²) in [4.78, 5) is 15.1. The van der Waals surface area contributed by atoms with Gasteiger partial charge in [-0.25, -0.2) is 8.42 Å². The van der Waals surface area contributed by atoms with Gasteiger partial charge in [0, 0.05) is 13.1 Å². The van der Waals surface area contributed by atoms with Crippen molar-refractivity contribution in [3.63, 3.8) is 0 Å².